The van der Waals surface area contributed by atoms with Gasteiger partial charge in [-0.1, -0.05) is 46.2 Å². The van der Waals surface area contributed by atoms with Crippen LogP contribution in [0.4, 0.5) is 5.69 Å². The number of aliphatic imine (C=N–C) groups is 2. The van der Waals surface area contributed by atoms with Gasteiger partial charge in [0.05, 0.1) is 6.42 Å². The quantitative estimate of drug-likeness (QED) is 0.332. The highest BCUT2D eigenvalue weighted by Crippen LogP contribution is 2.22. The van der Waals surface area contributed by atoms with Gasteiger partial charge in [0.25, 0.3) is 0 Å². The molecule has 2 rings (SSSR count). The molecule has 6 heteroatoms. The number of amides is 1. The molecular formula is C25H34N4OS. The molecule has 2 aromatic rings. The normalized spacial score (nSPS) is 12.5. The topological polar surface area (TPSA) is 65.8 Å². The minimum atomic E-state index is 0.0493. The van der Waals surface area contributed by atoms with Crippen LogP contribution in [0.3, 0.4) is 0 Å². The number of allylic oxidation sites excluding steroid dienone is 1. The van der Waals surface area contributed by atoms with Crippen molar-refractivity contribution in [1.82, 2.24) is 5.32 Å². The van der Waals surface area contributed by atoms with E-state index in [0.29, 0.717) is 24.7 Å². The minimum Gasteiger partial charge on any atom is -0.356 e. The van der Waals surface area contributed by atoms with Gasteiger partial charge in [-0.05, 0) is 60.2 Å². The third-order valence-corrected chi connectivity index (χ3v) is 5.43. The van der Waals surface area contributed by atoms with Crippen LogP contribution in [0.15, 0.2) is 62.5 Å². The first-order chi connectivity index (χ1) is 15.0. The van der Waals surface area contributed by atoms with Gasteiger partial charge in [-0.25, -0.2) is 9.98 Å². The van der Waals surface area contributed by atoms with E-state index in [1.165, 1.54) is 5.57 Å². The van der Waals surface area contributed by atoms with Gasteiger partial charge in [-0.15, -0.1) is 0 Å². The van der Waals surface area contributed by atoms with E-state index in [9.17, 15) is 4.79 Å². The maximum absolute atomic E-state index is 12.1. The Morgan fingerprint density at radius 2 is 1.90 bits per heavy atom. The summed E-state index contributed by atoms with van der Waals surface area (Å²) in [5.41, 5.74) is 4.13. The summed E-state index contributed by atoms with van der Waals surface area (Å²) in [4.78, 5) is 21.1. The Kier molecular flexibility index (Phi) is 10.2. The van der Waals surface area contributed by atoms with Crippen molar-refractivity contribution in [1.29, 1.82) is 0 Å². The highest BCUT2D eigenvalue weighted by molar-refractivity contribution is 7.08. The van der Waals surface area contributed by atoms with Crippen LogP contribution in [-0.4, -0.2) is 25.0 Å². The minimum absolute atomic E-state index is 0.0493. The first-order valence-electron chi connectivity index (χ1n) is 10.9. The van der Waals surface area contributed by atoms with E-state index in [4.69, 9.17) is 4.99 Å². The van der Waals surface area contributed by atoms with Crippen LogP contribution >= 0.6 is 11.3 Å². The summed E-state index contributed by atoms with van der Waals surface area (Å²) < 4.78 is 0. The Morgan fingerprint density at radius 3 is 2.45 bits per heavy atom. The number of nitrogens with zero attached hydrogens (tertiary/aromatic N) is 2. The Balaban J connectivity index is 2.21. The Labute approximate surface area is 190 Å². The Bertz CT molecular complexity index is 896. The molecule has 0 unspecified atom stereocenters. The van der Waals surface area contributed by atoms with Gasteiger partial charge in [-0.2, -0.15) is 11.3 Å². The van der Waals surface area contributed by atoms with Crippen molar-refractivity contribution >= 4 is 35.5 Å². The van der Waals surface area contributed by atoms with E-state index in [1.807, 2.05) is 41.1 Å². The molecule has 0 fully saturated rings. The molecule has 31 heavy (non-hydrogen) atoms. The lowest BCUT2D eigenvalue weighted by molar-refractivity contribution is -0.120. The molecule has 0 radical (unpaired) electrons. The fraction of sp³-hybridized carbons (Fsp3) is 0.400. The van der Waals surface area contributed by atoms with Gasteiger partial charge >= 0.3 is 0 Å². The fourth-order valence-corrected chi connectivity index (χ4v) is 3.69. The van der Waals surface area contributed by atoms with E-state index < -0.39 is 0 Å². The van der Waals surface area contributed by atoms with Crippen LogP contribution in [0, 0.1) is 5.92 Å². The molecule has 1 aromatic heterocycles. The standard InChI is InChI=1S/C25H34N4OS/c1-6-8-20(7-2)25(29-24(26-5)21-13-14-31-17-21)28-22-11-9-19(10-12-22)15-23(30)27-16-18(3)4/h9-14,17-18,28H,5-8,15-16H2,1-4H3,(H,27,30)/b25-20-,29-24-. The number of hydrogen-bond acceptors (Lipinski definition) is 4. The molecule has 2 N–H and O–H groups in total. The van der Waals surface area contributed by atoms with Crippen LogP contribution in [0.5, 0.6) is 0 Å². The van der Waals surface area contributed by atoms with Crippen molar-refractivity contribution < 1.29 is 4.79 Å². The lowest BCUT2D eigenvalue weighted by Crippen LogP contribution is -2.28. The van der Waals surface area contributed by atoms with Crippen LogP contribution in [0.1, 0.15) is 58.1 Å². The second-order valence-corrected chi connectivity index (χ2v) is 8.64. The summed E-state index contributed by atoms with van der Waals surface area (Å²) in [5.74, 6) is 1.93. The predicted molar refractivity (Wildman–Crippen MR) is 134 cm³/mol. The number of carbonyl (C=O) groups is 1. The van der Waals surface area contributed by atoms with Crippen LogP contribution < -0.4 is 10.6 Å². The van der Waals surface area contributed by atoms with Gasteiger partial charge < -0.3 is 10.6 Å². The molecule has 0 atom stereocenters. The van der Waals surface area contributed by atoms with Gasteiger partial charge in [0.2, 0.25) is 5.91 Å². The summed E-state index contributed by atoms with van der Waals surface area (Å²) in [6, 6.07) is 9.95. The van der Waals surface area contributed by atoms with Crippen molar-refractivity contribution in [3.63, 3.8) is 0 Å². The number of nitrogens with one attached hydrogen (secondary N) is 2. The Hall–Kier alpha value is -2.73. The summed E-state index contributed by atoms with van der Waals surface area (Å²) in [6.07, 6.45) is 3.29. The molecule has 1 aromatic carbocycles. The smallest absolute Gasteiger partial charge is 0.224 e. The first kappa shape index (κ1) is 24.5. The van der Waals surface area contributed by atoms with Crippen LogP contribution in [0.2, 0.25) is 0 Å². The zero-order chi connectivity index (χ0) is 22.6. The van der Waals surface area contributed by atoms with Crippen molar-refractivity contribution in [2.24, 2.45) is 15.9 Å². The summed E-state index contributed by atoms with van der Waals surface area (Å²) >= 11 is 1.61. The first-order valence-corrected chi connectivity index (χ1v) is 11.8. The molecule has 166 valence electrons. The van der Waals surface area contributed by atoms with E-state index in [2.05, 4.69) is 50.0 Å². The average Bonchev–Trinajstić information content (AvgIpc) is 3.29. The monoisotopic (exact) mass is 438 g/mol. The third-order valence-electron chi connectivity index (χ3n) is 4.75. The molecule has 1 heterocycles. The molecule has 0 saturated heterocycles. The van der Waals surface area contributed by atoms with Gasteiger partial charge in [0, 0.05) is 23.2 Å². The van der Waals surface area contributed by atoms with Gasteiger partial charge in [-0.3, -0.25) is 4.79 Å². The zero-order valence-corrected chi connectivity index (χ0v) is 19.9. The zero-order valence-electron chi connectivity index (χ0n) is 19.1. The maximum Gasteiger partial charge on any atom is 0.224 e. The fourth-order valence-electron chi connectivity index (χ4n) is 3.06. The van der Waals surface area contributed by atoms with E-state index in [-0.39, 0.29) is 5.91 Å². The van der Waals surface area contributed by atoms with E-state index >= 15 is 0 Å². The molecule has 0 aliphatic carbocycles. The van der Waals surface area contributed by atoms with Crippen molar-refractivity contribution in [3.05, 3.63) is 63.6 Å². The van der Waals surface area contributed by atoms with Crippen molar-refractivity contribution in [3.8, 4) is 0 Å². The highest BCUT2D eigenvalue weighted by Gasteiger charge is 2.10. The third kappa shape index (κ3) is 8.13. The van der Waals surface area contributed by atoms with Gasteiger partial charge in [0.15, 0.2) is 5.84 Å². The summed E-state index contributed by atoms with van der Waals surface area (Å²) in [6.45, 7) is 12.9. The SMILES string of the molecule is C=N/C(=N\C(Nc1ccc(CC(=O)NCC(C)C)cc1)=C(\CC)CCC)c1ccsc1. The van der Waals surface area contributed by atoms with Crippen LogP contribution in [0.25, 0.3) is 0 Å². The maximum atomic E-state index is 12.1. The molecule has 0 aliphatic heterocycles. The Morgan fingerprint density at radius 1 is 1.16 bits per heavy atom. The van der Waals surface area contributed by atoms with E-state index in [1.54, 1.807) is 11.3 Å². The summed E-state index contributed by atoms with van der Waals surface area (Å²) in [5, 5.41) is 10.5. The molecule has 0 aliphatic rings. The number of carbonyl (C=O) groups excluding carboxylic acids is 1. The van der Waals surface area contributed by atoms with Crippen molar-refractivity contribution in [2.45, 2.75) is 53.4 Å². The van der Waals surface area contributed by atoms with E-state index in [0.717, 1.165) is 41.9 Å². The molecule has 0 saturated carbocycles. The number of benzene rings is 1. The van der Waals surface area contributed by atoms with Gasteiger partial charge in [0.1, 0.15) is 5.82 Å². The highest BCUT2D eigenvalue weighted by atomic mass is 32.1. The number of thiophene rings is 1. The number of rotatable bonds is 11. The molecular weight excluding hydrogens is 404 g/mol. The predicted octanol–water partition coefficient (Wildman–Crippen LogP) is 6.04. The summed E-state index contributed by atoms with van der Waals surface area (Å²) in [7, 11) is 0. The average molecular weight is 439 g/mol. The largest absolute Gasteiger partial charge is 0.356 e. The second kappa shape index (κ2) is 12.8. The lowest BCUT2D eigenvalue weighted by Gasteiger charge is -2.14. The number of anilines is 1. The number of amidine groups is 1. The second-order valence-electron chi connectivity index (χ2n) is 7.86. The molecule has 5 nitrogen and oxygen atoms in total. The lowest BCUT2D eigenvalue weighted by atomic mass is 10.1. The molecule has 0 bridgehead atoms. The number of hydrogen-bond donors (Lipinski definition) is 2. The van der Waals surface area contributed by atoms with Crippen LogP contribution in [-0.2, 0) is 11.2 Å². The molecule has 0 spiro atoms. The molecule has 1 amide bonds. The van der Waals surface area contributed by atoms with Crippen molar-refractivity contribution in [2.75, 3.05) is 11.9 Å².